The van der Waals surface area contributed by atoms with Crippen LogP contribution in [-0.4, -0.2) is 26.2 Å². The van der Waals surface area contributed by atoms with Gasteiger partial charge in [-0.2, -0.15) is 13.2 Å². The van der Waals surface area contributed by atoms with Gasteiger partial charge in [0.25, 0.3) is 0 Å². The van der Waals surface area contributed by atoms with Gasteiger partial charge in [0.05, 0.1) is 18.6 Å². The normalized spacial score (nSPS) is 22.3. The molecule has 1 fully saturated rings. The Labute approximate surface area is 127 Å². The fourth-order valence-electron chi connectivity index (χ4n) is 2.59. The Hall–Kier alpha value is -1.27. The lowest BCUT2D eigenvalue weighted by molar-refractivity contribution is -0.147. The number of carbonyl (C=O) groups is 1. The number of piperidine rings is 1. The molecule has 0 radical (unpaired) electrons. The number of carbonyl (C=O) groups excluding carboxylic acids is 1. The van der Waals surface area contributed by atoms with Gasteiger partial charge in [-0.25, -0.2) is 0 Å². The molecule has 1 aromatic carbocycles. The molecule has 3 nitrogen and oxygen atoms in total. The summed E-state index contributed by atoms with van der Waals surface area (Å²) >= 11 is 0. The number of benzene rings is 1. The van der Waals surface area contributed by atoms with Crippen molar-refractivity contribution in [1.82, 2.24) is 5.32 Å². The van der Waals surface area contributed by atoms with Crippen molar-refractivity contribution in [3.8, 4) is 0 Å². The predicted molar refractivity (Wildman–Crippen MR) is 74.4 cm³/mol. The van der Waals surface area contributed by atoms with Crippen LogP contribution in [0.2, 0.25) is 0 Å². The number of halogens is 4. The van der Waals surface area contributed by atoms with Crippen molar-refractivity contribution in [3.05, 3.63) is 35.4 Å². The minimum Gasteiger partial charge on any atom is -0.469 e. The number of nitrogens with one attached hydrogen (secondary N) is 1. The predicted octanol–water partition coefficient (Wildman–Crippen LogP) is 2.99. The molecular formula is C14H17ClF3NO2. The van der Waals surface area contributed by atoms with Gasteiger partial charge in [-0.3, -0.25) is 4.79 Å². The second kappa shape index (κ2) is 7.13. The molecule has 2 atom stereocenters. The molecule has 0 aromatic heterocycles. The Morgan fingerprint density at radius 1 is 1.38 bits per heavy atom. The molecule has 1 heterocycles. The molecule has 21 heavy (non-hydrogen) atoms. The van der Waals surface area contributed by atoms with Crippen LogP contribution in [0.15, 0.2) is 24.3 Å². The maximum absolute atomic E-state index is 12.7. The summed E-state index contributed by atoms with van der Waals surface area (Å²) in [7, 11) is 1.30. The first-order valence-electron chi connectivity index (χ1n) is 6.39. The molecule has 0 amide bonds. The average Bonchev–Trinajstić information content (AvgIpc) is 2.45. The van der Waals surface area contributed by atoms with Crippen molar-refractivity contribution in [2.75, 3.05) is 20.2 Å². The highest BCUT2D eigenvalue weighted by atomic mass is 35.5. The monoisotopic (exact) mass is 323 g/mol. The smallest absolute Gasteiger partial charge is 0.416 e. The number of hydrogen-bond acceptors (Lipinski definition) is 3. The topological polar surface area (TPSA) is 38.3 Å². The van der Waals surface area contributed by atoms with Crippen molar-refractivity contribution in [3.63, 3.8) is 0 Å². The molecule has 0 bridgehead atoms. The summed E-state index contributed by atoms with van der Waals surface area (Å²) in [5.74, 6) is -1.06. The Balaban J connectivity index is 0.00000220. The van der Waals surface area contributed by atoms with E-state index in [1.807, 2.05) is 0 Å². The Morgan fingerprint density at radius 3 is 2.71 bits per heavy atom. The van der Waals surface area contributed by atoms with E-state index in [9.17, 15) is 18.0 Å². The van der Waals surface area contributed by atoms with Crippen molar-refractivity contribution >= 4 is 18.4 Å². The van der Waals surface area contributed by atoms with Gasteiger partial charge in [-0.05, 0) is 24.6 Å². The lowest BCUT2D eigenvalue weighted by atomic mass is 9.81. The molecule has 7 heteroatoms. The molecule has 1 aliphatic heterocycles. The quantitative estimate of drug-likeness (QED) is 0.850. The summed E-state index contributed by atoms with van der Waals surface area (Å²) in [5, 5.41) is 3.11. The van der Waals surface area contributed by atoms with E-state index in [2.05, 4.69) is 5.32 Å². The fraction of sp³-hybridized carbons (Fsp3) is 0.500. The largest absolute Gasteiger partial charge is 0.469 e. The summed E-state index contributed by atoms with van der Waals surface area (Å²) in [6.45, 7) is 1.14. The zero-order valence-electron chi connectivity index (χ0n) is 11.4. The third kappa shape index (κ3) is 4.11. The summed E-state index contributed by atoms with van der Waals surface area (Å²) in [6, 6.07) is 5.16. The van der Waals surface area contributed by atoms with Crippen LogP contribution >= 0.6 is 12.4 Å². The molecular weight excluding hydrogens is 307 g/mol. The van der Waals surface area contributed by atoms with E-state index >= 15 is 0 Å². The van der Waals surface area contributed by atoms with E-state index in [1.165, 1.54) is 13.2 Å². The van der Waals surface area contributed by atoms with Gasteiger partial charge >= 0.3 is 12.1 Å². The van der Waals surface area contributed by atoms with Crippen LogP contribution < -0.4 is 5.32 Å². The molecule has 1 N–H and O–H groups in total. The second-order valence-electron chi connectivity index (χ2n) is 4.85. The summed E-state index contributed by atoms with van der Waals surface area (Å²) in [4.78, 5) is 11.8. The maximum Gasteiger partial charge on any atom is 0.416 e. The molecule has 1 aliphatic rings. The van der Waals surface area contributed by atoms with Crippen LogP contribution in [-0.2, 0) is 15.7 Å². The average molecular weight is 324 g/mol. The van der Waals surface area contributed by atoms with Crippen molar-refractivity contribution in [2.45, 2.75) is 18.5 Å². The van der Waals surface area contributed by atoms with E-state index in [4.69, 9.17) is 4.74 Å². The number of alkyl halides is 3. The molecule has 118 valence electrons. The van der Waals surface area contributed by atoms with Crippen LogP contribution in [0.4, 0.5) is 13.2 Å². The molecule has 0 spiro atoms. The zero-order chi connectivity index (χ0) is 14.8. The van der Waals surface area contributed by atoms with Crippen molar-refractivity contribution < 1.29 is 22.7 Å². The first-order valence-corrected chi connectivity index (χ1v) is 6.39. The van der Waals surface area contributed by atoms with Crippen LogP contribution in [0.1, 0.15) is 23.5 Å². The highest BCUT2D eigenvalue weighted by Gasteiger charge is 2.35. The fourth-order valence-corrected chi connectivity index (χ4v) is 2.59. The highest BCUT2D eigenvalue weighted by Crippen LogP contribution is 2.35. The number of rotatable bonds is 2. The lowest BCUT2D eigenvalue weighted by Gasteiger charge is -2.30. The molecule has 0 aliphatic carbocycles. The van der Waals surface area contributed by atoms with E-state index in [-0.39, 0.29) is 24.3 Å². The number of esters is 1. The zero-order valence-corrected chi connectivity index (χ0v) is 12.3. The first kappa shape index (κ1) is 17.8. The molecule has 1 saturated heterocycles. The van der Waals surface area contributed by atoms with Crippen LogP contribution in [0.5, 0.6) is 0 Å². The highest BCUT2D eigenvalue weighted by molar-refractivity contribution is 5.85. The van der Waals surface area contributed by atoms with E-state index in [0.717, 1.165) is 12.1 Å². The van der Waals surface area contributed by atoms with Crippen LogP contribution in [0, 0.1) is 5.92 Å². The van der Waals surface area contributed by atoms with Gasteiger partial charge in [-0.1, -0.05) is 18.2 Å². The summed E-state index contributed by atoms with van der Waals surface area (Å²) in [6.07, 6.45) is -3.81. The van der Waals surface area contributed by atoms with E-state index in [0.29, 0.717) is 25.1 Å². The van der Waals surface area contributed by atoms with Crippen LogP contribution in [0.3, 0.4) is 0 Å². The number of methoxy groups -OCH3 is 1. The summed E-state index contributed by atoms with van der Waals surface area (Å²) < 4.78 is 43.0. The number of ether oxygens (including phenoxy) is 1. The molecule has 2 rings (SSSR count). The van der Waals surface area contributed by atoms with E-state index < -0.39 is 17.7 Å². The SMILES string of the molecule is COC(=O)C1CCNCC1c1cccc(C(F)(F)F)c1.Cl. The van der Waals surface area contributed by atoms with E-state index in [1.54, 1.807) is 6.07 Å². The van der Waals surface area contributed by atoms with Gasteiger partial charge in [0.15, 0.2) is 0 Å². The summed E-state index contributed by atoms with van der Waals surface area (Å²) in [5.41, 5.74) is -0.174. The van der Waals surface area contributed by atoms with Crippen molar-refractivity contribution in [1.29, 1.82) is 0 Å². The third-order valence-corrected chi connectivity index (χ3v) is 3.63. The van der Waals surface area contributed by atoms with Crippen molar-refractivity contribution in [2.24, 2.45) is 5.92 Å². The molecule has 0 saturated carbocycles. The van der Waals surface area contributed by atoms with Gasteiger partial charge in [-0.15, -0.1) is 12.4 Å². The Kier molecular flexibility index (Phi) is 6.04. The van der Waals surface area contributed by atoms with Crippen LogP contribution in [0.25, 0.3) is 0 Å². The standard InChI is InChI=1S/C14H16F3NO2.ClH/c1-20-13(19)11-5-6-18-8-12(11)9-3-2-4-10(7-9)14(15,16)17;/h2-4,7,11-12,18H,5-6,8H2,1H3;1H. The second-order valence-corrected chi connectivity index (χ2v) is 4.85. The van der Waals surface area contributed by atoms with Gasteiger partial charge in [0.2, 0.25) is 0 Å². The Bertz CT molecular complexity index is 493. The minimum absolute atomic E-state index is 0. The number of hydrogen-bond donors (Lipinski definition) is 1. The minimum atomic E-state index is -4.38. The third-order valence-electron chi connectivity index (χ3n) is 3.63. The first-order chi connectivity index (χ1) is 9.43. The lowest BCUT2D eigenvalue weighted by Crippen LogP contribution is -2.39. The Morgan fingerprint density at radius 2 is 2.10 bits per heavy atom. The maximum atomic E-state index is 12.7. The van der Waals surface area contributed by atoms with Gasteiger partial charge < -0.3 is 10.1 Å². The van der Waals surface area contributed by atoms with Gasteiger partial charge in [0, 0.05) is 12.5 Å². The van der Waals surface area contributed by atoms with Gasteiger partial charge in [0.1, 0.15) is 0 Å². The molecule has 2 unspecified atom stereocenters. The molecule has 1 aromatic rings.